The average Bonchev–Trinajstić information content (AvgIpc) is 3.28. The number of amides is 1. The molecule has 1 aromatic carbocycles. The molecule has 4 heterocycles. The number of pyridine rings is 1. The molecular weight excluding hydrogens is 478 g/mol. The van der Waals surface area contributed by atoms with Gasteiger partial charge in [-0.15, -0.1) is 0 Å². The van der Waals surface area contributed by atoms with Crippen LogP contribution in [0.5, 0.6) is 0 Å². The topological polar surface area (TPSA) is 125 Å². The Hall–Kier alpha value is -3.41. The molecule has 1 amide bonds. The molecule has 174 valence electrons. The van der Waals surface area contributed by atoms with Crippen LogP contribution in [0.2, 0.25) is 5.02 Å². The fraction of sp³-hybridized carbons (Fsp3) is 0.227. The van der Waals surface area contributed by atoms with Gasteiger partial charge in [0.2, 0.25) is 11.0 Å². The zero-order chi connectivity index (χ0) is 23.9. The first kappa shape index (κ1) is 22.4. The molecule has 0 bridgehead atoms. The zero-order valence-corrected chi connectivity index (χ0v) is 19.7. The summed E-state index contributed by atoms with van der Waals surface area (Å²) in [6.07, 6.45) is 4.84. The predicted molar refractivity (Wildman–Crippen MR) is 126 cm³/mol. The van der Waals surface area contributed by atoms with E-state index in [1.165, 1.54) is 4.31 Å². The predicted octanol–water partition coefficient (Wildman–Crippen LogP) is 2.52. The molecule has 10 nitrogen and oxygen atoms in total. The number of aromatic amines is 1. The molecule has 0 aliphatic carbocycles. The Morgan fingerprint density at radius 1 is 1.03 bits per heavy atom. The zero-order valence-electron chi connectivity index (χ0n) is 18.1. The highest BCUT2D eigenvalue weighted by molar-refractivity contribution is 7.89. The third-order valence-electron chi connectivity index (χ3n) is 5.59. The lowest BCUT2D eigenvalue weighted by Gasteiger charge is -2.33. The van der Waals surface area contributed by atoms with Gasteiger partial charge in [-0.2, -0.15) is 4.31 Å². The van der Waals surface area contributed by atoms with E-state index in [0.29, 0.717) is 21.6 Å². The van der Waals surface area contributed by atoms with Crippen molar-refractivity contribution in [3.05, 3.63) is 65.3 Å². The van der Waals surface area contributed by atoms with Gasteiger partial charge in [-0.1, -0.05) is 11.6 Å². The lowest BCUT2D eigenvalue weighted by Crippen LogP contribution is -2.50. The number of halogens is 1. The summed E-state index contributed by atoms with van der Waals surface area (Å²) in [6.45, 7) is 2.67. The van der Waals surface area contributed by atoms with Crippen molar-refractivity contribution in [3.8, 4) is 11.3 Å². The molecule has 1 aliphatic rings. The number of H-pyrrole nitrogens is 1. The molecule has 1 fully saturated rings. The number of carbonyl (C=O) groups is 1. The minimum Gasteiger partial charge on any atom is -0.333 e. The van der Waals surface area contributed by atoms with Crippen LogP contribution in [0.25, 0.3) is 22.3 Å². The maximum absolute atomic E-state index is 13.0. The summed E-state index contributed by atoms with van der Waals surface area (Å²) in [5.74, 6) is -0.291. The molecule has 0 atom stereocenters. The molecule has 34 heavy (non-hydrogen) atoms. The second kappa shape index (κ2) is 8.75. The highest BCUT2D eigenvalue weighted by Crippen LogP contribution is 2.22. The molecule has 0 radical (unpaired) electrons. The van der Waals surface area contributed by atoms with Crippen molar-refractivity contribution in [1.29, 1.82) is 0 Å². The third-order valence-corrected chi connectivity index (χ3v) is 7.55. The SMILES string of the molecule is Cc1ccnc(-c2cnc(C(=O)N3CCN(S(=O)(=O)c4nc5ccc(Cl)cc5[nH]4)CC3)nc2)c1. The minimum absolute atomic E-state index is 0.0573. The largest absolute Gasteiger partial charge is 0.333 e. The van der Waals surface area contributed by atoms with E-state index < -0.39 is 10.0 Å². The summed E-state index contributed by atoms with van der Waals surface area (Å²) >= 11 is 5.97. The molecule has 1 N–H and O–H groups in total. The van der Waals surface area contributed by atoms with Crippen LogP contribution >= 0.6 is 11.6 Å². The van der Waals surface area contributed by atoms with E-state index in [2.05, 4.69) is 24.9 Å². The first-order valence-electron chi connectivity index (χ1n) is 10.5. The summed E-state index contributed by atoms with van der Waals surface area (Å²) in [5, 5.41) is 0.339. The summed E-state index contributed by atoms with van der Waals surface area (Å²) in [5.41, 5.74) is 3.55. The molecular formula is C22H20ClN7O3S. The second-order valence-corrected chi connectivity index (χ2v) is 10.2. The Morgan fingerprint density at radius 2 is 1.76 bits per heavy atom. The van der Waals surface area contributed by atoms with E-state index in [1.54, 1.807) is 41.7 Å². The standard InChI is InChI=1S/C22H20ClN7O3S/c1-14-4-5-24-18(10-14)15-12-25-20(26-13-15)21(31)29-6-8-30(9-7-29)34(32,33)22-27-17-3-2-16(23)11-19(17)28-22/h2-5,10-13H,6-9H2,1H3,(H,27,28). The number of nitrogens with one attached hydrogen (secondary N) is 1. The average molecular weight is 498 g/mol. The lowest BCUT2D eigenvalue weighted by atomic mass is 10.2. The molecule has 1 saturated heterocycles. The quantitative estimate of drug-likeness (QED) is 0.459. The maximum Gasteiger partial charge on any atom is 0.291 e. The molecule has 3 aromatic heterocycles. The number of nitrogens with zero attached hydrogens (tertiary/aromatic N) is 6. The smallest absolute Gasteiger partial charge is 0.291 e. The van der Waals surface area contributed by atoms with Gasteiger partial charge in [-0.05, 0) is 42.8 Å². The van der Waals surface area contributed by atoms with Crippen LogP contribution < -0.4 is 0 Å². The van der Waals surface area contributed by atoms with Gasteiger partial charge < -0.3 is 9.88 Å². The highest BCUT2D eigenvalue weighted by Gasteiger charge is 2.33. The molecule has 0 unspecified atom stereocenters. The number of hydrogen-bond donors (Lipinski definition) is 1. The Bertz CT molecular complexity index is 1480. The van der Waals surface area contributed by atoms with Crippen molar-refractivity contribution in [1.82, 2.24) is 34.1 Å². The molecule has 4 aromatic rings. The number of aryl methyl sites for hydroxylation is 1. The van der Waals surface area contributed by atoms with Crippen molar-refractivity contribution in [3.63, 3.8) is 0 Å². The third kappa shape index (κ3) is 4.25. The van der Waals surface area contributed by atoms with E-state index in [1.807, 2.05) is 19.1 Å². The Morgan fingerprint density at radius 3 is 2.47 bits per heavy atom. The van der Waals surface area contributed by atoms with Crippen LogP contribution in [0.1, 0.15) is 16.2 Å². The lowest BCUT2D eigenvalue weighted by molar-refractivity contribution is 0.0685. The van der Waals surface area contributed by atoms with Crippen molar-refractivity contribution < 1.29 is 13.2 Å². The molecule has 12 heteroatoms. The van der Waals surface area contributed by atoms with Crippen molar-refractivity contribution in [2.45, 2.75) is 12.1 Å². The number of imidazole rings is 1. The summed E-state index contributed by atoms with van der Waals surface area (Å²) in [4.78, 5) is 34.1. The Labute approximate surface area is 200 Å². The van der Waals surface area contributed by atoms with Crippen molar-refractivity contribution >= 4 is 38.6 Å². The fourth-order valence-corrected chi connectivity index (χ4v) is 5.25. The van der Waals surface area contributed by atoms with Gasteiger partial charge >= 0.3 is 0 Å². The van der Waals surface area contributed by atoms with E-state index in [9.17, 15) is 13.2 Å². The number of fused-ring (bicyclic) bond motifs is 1. The number of hydrogen-bond acceptors (Lipinski definition) is 7. The van der Waals surface area contributed by atoms with Crippen LogP contribution in [-0.2, 0) is 10.0 Å². The number of piperazine rings is 1. The molecule has 0 spiro atoms. The summed E-state index contributed by atoms with van der Waals surface area (Å²) < 4.78 is 27.4. The van der Waals surface area contributed by atoms with Gasteiger partial charge in [0.15, 0.2) is 0 Å². The number of aromatic nitrogens is 5. The second-order valence-electron chi connectivity index (χ2n) is 7.91. The molecule has 5 rings (SSSR count). The molecule has 0 saturated carbocycles. The highest BCUT2D eigenvalue weighted by atomic mass is 35.5. The van der Waals surface area contributed by atoms with Gasteiger partial charge in [0.1, 0.15) is 0 Å². The van der Waals surface area contributed by atoms with Crippen LogP contribution in [0.3, 0.4) is 0 Å². The van der Waals surface area contributed by atoms with Gasteiger partial charge in [-0.25, -0.2) is 23.4 Å². The monoisotopic (exact) mass is 497 g/mol. The first-order chi connectivity index (χ1) is 16.3. The Kier molecular flexibility index (Phi) is 5.76. The van der Waals surface area contributed by atoms with E-state index in [-0.39, 0.29) is 43.1 Å². The van der Waals surface area contributed by atoms with Crippen LogP contribution in [0, 0.1) is 6.92 Å². The summed E-state index contributed by atoms with van der Waals surface area (Å²) in [7, 11) is -3.84. The Balaban J connectivity index is 1.26. The van der Waals surface area contributed by atoms with Gasteiger partial charge in [0.25, 0.3) is 15.9 Å². The van der Waals surface area contributed by atoms with Crippen LogP contribution in [0.4, 0.5) is 0 Å². The number of rotatable bonds is 4. The van der Waals surface area contributed by atoms with Gasteiger partial charge in [0.05, 0.1) is 16.7 Å². The fourth-order valence-electron chi connectivity index (χ4n) is 3.74. The minimum atomic E-state index is -3.84. The summed E-state index contributed by atoms with van der Waals surface area (Å²) in [6, 6.07) is 8.74. The molecule has 1 aliphatic heterocycles. The number of carbonyl (C=O) groups excluding carboxylic acids is 1. The van der Waals surface area contributed by atoms with E-state index in [0.717, 1.165) is 11.3 Å². The number of benzene rings is 1. The number of sulfonamides is 1. The van der Waals surface area contributed by atoms with Gasteiger partial charge in [-0.3, -0.25) is 9.78 Å². The van der Waals surface area contributed by atoms with Crippen molar-refractivity contribution in [2.24, 2.45) is 0 Å². The van der Waals surface area contributed by atoms with E-state index >= 15 is 0 Å². The van der Waals surface area contributed by atoms with Crippen LogP contribution in [-0.4, -0.2) is 74.6 Å². The van der Waals surface area contributed by atoms with Crippen molar-refractivity contribution in [2.75, 3.05) is 26.2 Å². The first-order valence-corrected chi connectivity index (χ1v) is 12.3. The van der Waals surface area contributed by atoms with E-state index in [4.69, 9.17) is 11.6 Å². The van der Waals surface area contributed by atoms with Crippen LogP contribution in [0.15, 0.2) is 54.1 Å². The normalized spacial score (nSPS) is 15.1. The maximum atomic E-state index is 13.0. The van der Waals surface area contributed by atoms with Gasteiger partial charge in [0, 0.05) is 55.4 Å².